The van der Waals surface area contributed by atoms with Gasteiger partial charge in [-0.2, -0.15) is 0 Å². The molecule has 0 atom stereocenters. The van der Waals surface area contributed by atoms with Gasteiger partial charge < -0.3 is 15.0 Å². The van der Waals surface area contributed by atoms with Crippen LogP contribution in [0.5, 0.6) is 0 Å². The highest BCUT2D eigenvalue weighted by molar-refractivity contribution is 7.16. The lowest BCUT2D eigenvalue weighted by Crippen LogP contribution is -2.41. The van der Waals surface area contributed by atoms with Crippen molar-refractivity contribution >= 4 is 40.5 Å². The van der Waals surface area contributed by atoms with Gasteiger partial charge in [0, 0.05) is 30.4 Å². The van der Waals surface area contributed by atoms with E-state index in [1.165, 1.54) is 5.56 Å². The van der Waals surface area contributed by atoms with Gasteiger partial charge in [-0.1, -0.05) is 47.7 Å². The van der Waals surface area contributed by atoms with Crippen molar-refractivity contribution in [3.05, 3.63) is 70.9 Å². The van der Waals surface area contributed by atoms with Crippen molar-refractivity contribution in [1.29, 1.82) is 0 Å². The van der Waals surface area contributed by atoms with Crippen LogP contribution in [0.15, 0.2) is 54.9 Å². The van der Waals surface area contributed by atoms with Crippen molar-refractivity contribution in [1.82, 2.24) is 14.9 Å². The Labute approximate surface area is 199 Å². The number of carbonyl (C=O) groups is 1. The Hall–Kier alpha value is -3.19. The molecule has 3 aromatic rings. The predicted octanol–water partition coefficient (Wildman–Crippen LogP) is 6.57. The zero-order valence-corrected chi connectivity index (χ0v) is 20.1. The average Bonchev–Trinajstić information content (AvgIpc) is 3.25. The second-order valence-electron chi connectivity index (χ2n) is 9.15. The Morgan fingerprint density at radius 3 is 2.61 bits per heavy atom. The van der Waals surface area contributed by atoms with Gasteiger partial charge >= 0.3 is 6.09 Å². The second kappa shape index (κ2) is 10.2. The lowest BCUT2D eigenvalue weighted by atomic mass is 9.90. The first kappa shape index (κ1) is 23.0. The number of piperidine rings is 1. The summed E-state index contributed by atoms with van der Waals surface area (Å²) in [6, 6.07) is 14.4. The summed E-state index contributed by atoms with van der Waals surface area (Å²) >= 11 is 1.59. The smallest absolute Gasteiger partial charge is 0.410 e. The van der Waals surface area contributed by atoms with Crippen molar-refractivity contribution in [2.45, 2.75) is 45.1 Å². The number of likely N-dealkylation sites (tertiary alicyclic amines) is 1. The van der Waals surface area contributed by atoms with Gasteiger partial charge in [0.1, 0.15) is 11.4 Å². The number of anilines is 2. The van der Waals surface area contributed by atoms with E-state index >= 15 is 0 Å². The maximum atomic E-state index is 12.3. The van der Waals surface area contributed by atoms with Crippen molar-refractivity contribution in [2.75, 3.05) is 18.4 Å². The Bertz CT molecular complexity index is 1100. The standard InChI is InChI=1S/C26H30N4O2S/c1-26(2,3)32-25(31)30-15-12-20(13-16-30)21-11-14-27-23(17-21)29-24-28-18-22(33-24)10-9-19-7-5-4-6-8-19/h4-11,14,17-18,20H,12-13,15-16H2,1-3H3,(H,27,28,29)/b10-9+. The van der Waals surface area contributed by atoms with Crippen LogP contribution in [0, 0.1) is 0 Å². The first-order valence-electron chi connectivity index (χ1n) is 11.3. The van der Waals surface area contributed by atoms with E-state index in [1.54, 1.807) is 11.3 Å². The summed E-state index contributed by atoms with van der Waals surface area (Å²) in [7, 11) is 0. The van der Waals surface area contributed by atoms with Crippen LogP contribution in [0.25, 0.3) is 12.2 Å². The number of thiazole rings is 1. The van der Waals surface area contributed by atoms with E-state index in [9.17, 15) is 4.79 Å². The zero-order chi connectivity index (χ0) is 23.3. The molecule has 1 saturated heterocycles. The summed E-state index contributed by atoms with van der Waals surface area (Å²) in [6.45, 7) is 7.10. The van der Waals surface area contributed by atoms with Crippen LogP contribution in [0.2, 0.25) is 0 Å². The van der Waals surface area contributed by atoms with Crippen LogP contribution in [0.3, 0.4) is 0 Å². The van der Waals surface area contributed by atoms with Crippen molar-refractivity contribution < 1.29 is 9.53 Å². The Balaban J connectivity index is 1.34. The molecule has 0 bridgehead atoms. The van der Waals surface area contributed by atoms with Gasteiger partial charge in [-0.3, -0.25) is 0 Å². The maximum Gasteiger partial charge on any atom is 0.410 e. The van der Waals surface area contributed by atoms with Crippen LogP contribution in [-0.2, 0) is 4.74 Å². The molecule has 0 aliphatic carbocycles. The Morgan fingerprint density at radius 1 is 1.12 bits per heavy atom. The highest BCUT2D eigenvalue weighted by Gasteiger charge is 2.27. The molecule has 1 amide bonds. The van der Waals surface area contributed by atoms with Gasteiger partial charge in [0.25, 0.3) is 0 Å². The zero-order valence-electron chi connectivity index (χ0n) is 19.3. The Morgan fingerprint density at radius 2 is 1.88 bits per heavy atom. The molecule has 7 heteroatoms. The molecule has 4 rings (SSSR count). The molecule has 172 valence electrons. The quantitative estimate of drug-likeness (QED) is 0.465. The molecule has 1 aliphatic heterocycles. The molecule has 33 heavy (non-hydrogen) atoms. The van der Waals surface area contributed by atoms with Crippen LogP contribution in [-0.4, -0.2) is 39.7 Å². The molecule has 0 radical (unpaired) electrons. The van der Waals surface area contributed by atoms with Crippen molar-refractivity contribution in [3.8, 4) is 0 Å². The van der Waals surface area contributed by atoms with Crippen LogP contribution in [0.1, 0.15) is 55.5 Å². The number of nitrogens with zero attached hydrogens (tertiary/aromatic N) is 3. The van der Waals surface area contributed by atoms with Crippen molar-refractivity contribution in [3.63, 3.8) is 0 Å². The molecule has 0 unspecified atom stereocenters. The van der Waals surface area contributed by atoms with Crippen LogP contribution in [0.4, 0.5) is 15.7 Å². The molecule has 1 N–H and O–H groups in total. The van der Waals surface area contributed by atoms with E-state index in [1.807, 2.05) is 56.3 Å². The second-order valence-corrected chi connectivity index (χ2v) is 10.2. The molecule has 1 aromatic carbocycles. The minimum atomic E-state index is -0.466. The van der Waals surface area contributed by atoms with Gasteiger partial charge in [0.2, 0.25) is 0 Å². The number of rotatable bonds is 5. The maximum absolute atomic E-state index is 12.3. The summed E-state index contributed by atoms with van der Waals surface area (Å²) in [5.74, 6) is 1.18. The van der Waals surface area contributed by atoms with E-state index in [2.05, 4.69) is 51.7 Å². The molecule has 6 nitrogen and oxygen atoms in total. The van der Waals surface area contributed by atoms with Gasteiger partial charge in [0.15, 0.2) is 5.13 Å². The molecule has 0 spiro atoms. The highest BCUT2D eigenvalue weighted by atomic mass is 32.1. The summed E-state index contributed by atoms with van der Waals surface area (Å²) < 4.78 is 5.50. The lowest BCUT2D eigenvalue weighted by Gasteiger charge is -2.33. The number of pyridine rings is 1. The normalized spacial score (nSPS) is 15.1. The fourth-order valence-corrected chi connectivity index (χ4v) is 4.49. The molecule has 2 aromatic heterocycles. The molecular weight excluding hydrogens is 432 g/mol. The molecule has 1 fully saturated rings. The van der Waals surface area contributed by atoms with Crippen LogP contribution >= 0.6 is 11.3 Å². The molecular formula is C26H30N4O2S. The number of carbonyl (C=O) groups excluding carboxylic acids is 1. The first-order valence-corrected chi connectivity index (χ1v) is 12.1. The third kappa shape index (κ3) is 6.65. The summed E-state index contributed by atoms with van der Waals surface area (Å²) in [5.41, 5.74) is 1.93. The molecule has 0 saturated carbocycles. The summed E-state index contributed by atoms with van der Waals surface area (Å²) in [4.78, 5) is 24.2. The van der Waals surface area contributed by atoms with Gasteiger partial charge in [-0.25, -0.2) is 14.8 Å². The van der Waals surface area contributed by atoms with E-state index in [0.29, 0.717) is 19.0 Å². The number of hydrogen-bond donors (Lipinski definition) is 1. The van der Waals surface area contributed by atoms with E-state index < -0.39 is 5.60 Å². The number of nitrogens with one attached hydrogen (secondary N) is 1. The molecule has 1 aliphatic rings. The lowest BCUT2D eigenvalue weighted by molar-refractivity contribution is 0.0205. The summed E-state index contributed by atoms with van der Waals surface area (Å²) in [5, 5.41) is 4.14. The largest absolute Gasteiger partial charge is 0.444 e. The average molecular weight is 463 g/mol. The number of aromatic nitrogens is 2. The minimum Gasteiger partial charge on any atom is -0.444 e. The fraction of sp³-hybridized carbons (Fsp3) is 0.346. The number of benzene rings is 1. The molecule has 3 heterocycles. The van der Waals surface area contributed by atoms with Crippen molar-refractivity contribution in [2.24, 2.45) is 0 Å². The third-order valence-corrected chi connectivity index (χ3v) is 6.28. The van der Waals surface area contributed by atoms with Gasteiger partial charge in [-0.15, -0.1) is 0 Å². The third-order valence-electron chi connectivity index (χ3n) is 5.40. The predicted molar refractivity (Wildman–Crippen MR) is 135 cm³/mol. The number of amides is 1. The SMILES string of the molecule is CC(C)(C)OC(=O)N1CCC(c2ccnc(Nc3ncc(/C=C/c4ccccc4)s3)c2)CC1. The van der Waals surface area contributed by atoms with E-state index in [4.69, 9.17) is 4.74 Å². The monoisotopic (exact) mass is 462 g/mol. The summed E-state index contributed by atoms with van der Waals surface area (Å²) in [6.07, 6.45) is 9.45. The minimum absolute atomic E-state index is 0.223. The van der Waals surface area contributed by atoms with Crippen LogP contribution < -0.4 is 5.32 Å². The first-order chi connectivity index (χ1) is 15.9. The number of hydrogen-bond acceptors (Lipinski definition) is 6. The van der Waals surface area contributed by atoms with E-state index in [-0.39, 0.29) is 6.09 Å². The Kier molecular flexibility index (Phi) is 7.08. The van der Waals surface area contributed by atoms with Gasteiger partial charge in [0.05, 0.1) is 0 Å². The topological polar surface area (TPSA) is 67.3 Å². The number of ether oxygens (including phenoxy) is 1. The highest BCUT2D eigenvalue weighted by Crippen LogP contribution is 2.31. The van der Waals surface area contributed by atoms with Gasteiger partial charge in [-0.05, 0) is 68.9 Å². The fourth-order valence-electron chi connectivity index (χ4n) is 3.76. The van der Waals surface area contributed by atoms with E-state index in [0.717, 1.165) is 34.2 Å².